The molecule has 1 heterocycles. The third kappa shape index (κ3) is 4.63. The van der Waals surface area contributed by atoms with Crippen LogP contribution in [0.3, 0.4) is 0 Å². The largest absolute Gasteiger partial charge is 0.481 e. The van der Waals surface area contributed by atoms with E-state index in [4.69, 9.17) is 9.84 Å². The number of anilines is 1. The molecule has 0 radical (unpaired) electrons. The minimum atomic E-state index is -1.32. The molecule has 1 fully saturated rings. The number of carbonyl (C=O) groups is 2. The molecule has 182 valence electrons. The fourth-order valence-corrected chi connectivity index (χ4v) is 5.05. The first-order valence-corrected chi connectivity index (χ1v) is 11.4. The number of halogens is 2. The van der Waals surface area contributed by atoms with Crippen LogP contribution in [-0.2, 0) is 20.9 Å². The Balaban J connectivity index is 1.57. The lowest BCUT2D eigenvalue weighted by Crippen LogP contribution is -2.60. The van der Waals surface area contributed by atoms with E-state index in [0.29, 0.717) is 12.1 Å². The van der Waals surface area contributed by atoms with Crippen molar-refractivity contribution in [2.24, 2.45) is 5.92 Å². The molecule has 1 saturated carbocycles. The molecule has 0 saturated heterocycles. The second-order valence-corrected chi connectivity index (χ2v) is 8.68. The third-order valence-electron chi connectivity index (χ3n) is 6.76. The molecule has 1 aliphatic heterocycles. The molecule has 2 aliphatic rings. The van der Waals surface area contributed by atoms with E-state index in [1.54, 1.807) is 9.80 Å². The first kappa shape index (κ1) is 24.1. The van der Waals surface area contributed by atoms with Gasteiger partial charge in [0.2, 0.25) is 12.3 Å². The Hall–Kier alpha value is -3.04. The predicted octanol–water partition coefficient (Wildman–Crippen LogP) is 3.81. The van der Waals surface area contributed by atoms with Gasteiger partial charge in [-0.1, -0.05) is 24.3 Å². The van der Waals surface area contributed by atoms with Crippen molar-refractivity contribution in [3.8, 4) is 0 Å². The number of ether oxygens (including phenoxy) is 1. The van der Waals surface area contributed by atoms with Crippen LogP contribution in [0.5, 0.6) is 0 Å². The predicted molar refractivity (Wildman–Crippen MR) is 120 cm³/mol. The Morgan fingerprint density at radius 3 is 2.56 bits per heavy atom. The number of amides is 1. The van der Waals surface area contributed by atoms with Gasteiger partial charge in [-0.3, -0.25) is 9.59 Å². The quantitative estimate of drug-likeness (QED) is 0.538. The monoisotopic (exact) mass is 474 g/mol. The van der Waals surface area contributed by atoms with Crippen molar-refractivity contribution in [1.29, 1.82) is 0 Å². The fourth-order valence-electron chi connectivity index (χ4n) is 5.05. The number of nitrogens with zero attached hydrogens (tertiary/aromatic N) is 2. The van der Waals surface area contributed by atoms with Gasteiger partial charge in [0.05, 0.1) is 19.1 Å². The summed E-state index contributed by atoms with van der Waals surface area (Å²) in [5.41, 5.74) is 1.99. The van der Waals surface area contributed by atoms with Gasteiger partial charge in [0, 0.05) is 30.6 Å². The van der Waals surface area contributed by atoms with E-state index in [1.807, 2.05) is 31.2 Å². The van der Waals surface area contributed by atoms with Crippen molar-refractivity contribution in [3.05, 3.63) is 65.2 Å². The Bertz CT molecular complexity index is 1070. The summed E-state index contributed by atoms with van der Waals surface area (Å²) in [6, 6.07) is 10.6. The molecule has 4 rings (SSSR count). The SMILES string of the molecule is CCN(C(=O)CCC(=O)O)C1c2ccccc2N(C(O)OCc2ccc(F)c(F)c2)C2CCC12. The van der Waals surface area contributed by atoms with Crippen molar-refractivity contribution in [1.82, 2.24) is 4.90 Å². The highest BCUT2D eigenvalue weighted by Crippen LogP contribution is 2.52. The van der Waals surface area contributed by atoms with Crippen molar-refractivity contribution < 1.29 is 33.3 Å². The second kappa shape index (κ2) is 10.1. The fraction of sp³-hybridized carbons (Fsp3) is 0.440. The molecular weight excluding hydrogens is 446 g/mol. The lowest BCUT2D eigenvalue weighted by molar-refractivity contribution is -0.144. The summed E-state index contributed by atoms with van der Waals surface area (Å²) in [4.78, 5) is 27.4. The Morgan fingerprint density at radius 1 is 1.15 bits per heavy atom. The van der Waals surface area contributed by atoms with Crippen LogP contribution in [0.2, 0.25) is 0 Å². The first-order valence-electron chi connectivity index (χ1n) is 11.4. The molecular formula is C25H28F2N2O5. The maximum absolute atomic E-state index is 13.5. The lowest BCUT2D eigenvalue weighted by atomic mass is 9.68. The Kier molecular flexibility index (Phi) is 7.13. The summed E-state index contributed by atoms with van der Waals surface area (Å²) in [5.74, 6) is -3.10. The maximum Gasteiger partial charge on any atom is 0.303 e. The summed E-state index contributed by atoms with van der Waals surface area (Å²) in [5, 5.41) is 19.9. The standard InChI is InChI=1S/C25H28F2N2O5/c1-2-28(22(30)11-12-23(31)32)24-16-5-3-4-6-20(16)29(21-10-8-17(21)24)25(33)34-14-15-7-9-18(26)19(27)13-15/h3-7,9,13,17,21,24-25,33H,2,8,10-12,14H2,1H3,(H,31,32). The zero-order valence-electron chi connectivity index (χ0n) is 18.9. The summed E-state index contributed by atoms with van der Waals surface area (Å²) in [6.07, 6.45) is 0.0326. The van der Waals surface area contributed by atoms with Crippen LogP contribution in [0.1, 0.15) is 49.8 Å². The molecule has 7 nitrogen and oxygen atoms in total. The van der Waals surface area contributed by atoms with Crippen LogP contribution in [0.4, 0.5) is 14.5 Å². The van der Waals surface area contributed by atoms with Crippen LogP contribution in [0, 0.1) is 17.6 Å². The number of para-hydroxylation sites is 1. The number of carboxylic acids is 1. The number of benzene rings is 2. The van der Waals surface area contributed by atoms with Crippen molar-refractivity contribution in [3.63, 3.8) is 0 Å². The molecule has 2 aromatic carbocycles. The van der Waals surface area contributed by atoms with Gasteiger partial charge in [-0.25, -0.2) is 8.78 Å². The molecule has 2 aromatic rings. The molecule has 0 aromatic heterocycles. The van der Waals surface area contributed by atoms with Crippen molar-refractivity contribution in [2.75, 3.05) is 11.4 Å². The minimum absolute atomic E-state index is 0.0464. The highest BCUT2D eigenvalue weighted by atomic mass is 19.2. The van der Waals surface area contributed by atoms with Gasteiger partial charge in [-0.15, -0.1) is 0 Å². The molecule has 4 unspecified atom stereocenters. The highest BCUT2D eigenvalue weighted by Gasteiger charge is 2.50. The van der Waals surface area contributed by atoms with Crippen LogP contribution in [0.15, 0.2) is 42.5 Å². The van der Waals surface area contributed by atoms with E-state index in [-0.39, 0.29) is 43.4 Å². The number of rotatable bonds is 9. The maximum atomic E-state index is 13.5. The Morgan fingerprint density at radius 2 is 1.91 bits per heavy atom. The second-order valence-electron chi connectivity index (χ2n) is 8.68. The molecule has 1 aliphatic carbocycles. The lowest BCUT2D eigenvalue weighted by Gasteiger charge is -2.56. The number of aliphatic hydroxyl groups excluding tert-OH is 1. The van der Waals surface area contributed by atoms with Gasteiger partial charge >= 0.3 is 5.97 Å². The third-order valence-corrected chi connectivity index (χ3v) is 6.76. The average molecular weight is 475 g/mol. The number of carboxylic acid groups (broad SMARTS) is 1. The smallest absolute Gasteiger partial charge is 0.303 e. The molecule has 9 heteroatoms. The van der Waals surface area contributed by atoms with E-state index in [0.717, 1.165) is 36.2 Å². The molecule has 34 heavy (non-hydrogen) atoms. The summed E-state index contributed by atoms with van der Waals surface area (Å²) >= 11 is 0. The molecule has 2 N–H and O–H groups in total. The van der Waals surface area contributed by atoms with Crippen LogP contribution in [-0.4, -0.2) is 46.0 Å². The van der Waals surface area contributed by atoms with Crippen LogP contribution < -0.4 is 4.90 Å². The molecule has 0 bridgehead atoms. The van der Waals surface area contributed by atoms with E-state index in [1.165, 1.54) is 6.07 Å². The van der Waals surface area contributed by atoms with Gasteiger partial charge in [0.25, 0.3) is 0 Å². The van der Waals surface area contributed by atoms with E-state index in [9.17, 15) is 23.5 Å². The van der Waals surface area contributed by atoms with Gasteiger partial charge in [-0.2, -0.15) is 0 Å². The number of aliphatic hydroxyl groups is 1. The molecule has 4 atom stereocenters. The minimum Gasteiger partial charge on any atom is -0.481 e. The van der Waals surface area contributed by atoms with Crippen LogP contribution in [0.25, 0.3) is 0 Å². The normalized spacial score (nSPS) is 21.8. The number of fused-ring (bicyclic) bond motifs is 2. The summed E-state index contributed by atoms with van der Waals surface area (Å²) < 4.78 is 32.4. The topological polar surface area (TPSA) is 90.3 Å². The van der Waals surface area contributed by atoms with Gasteiger partial charge in [0.1, 0.15) is 0 Å². The first-order chi connectivity index (χ1) is 16.3. The van der Waals surface area contributed by atoms with Gasteiger partial charge in [-0.05, 0) is 49.1 Å². The number of carbonyl (C=O) groups excluding carboxylic acids is 1. The summed E-state index contributed by atoms with van der Waals surface area (Å²) in [6.45, 7) is 2.21. The van der Waals surface area contributed by atoms with Gasteiger partial charge in [0.15, 0.2) is 11.6 Å². The Labute approximate surface area is 196 Å². The zero-order chi connectivity index (χ0) is 24.4. The zero-order valence-corrected chi connectivity index (χ0v) is 18.9. The van der Waals surface area contributed by atoms with E-state index in [2.05, 4.69) is 0 Å². The molecule has 0 spiro atoms. The summed E-state index contributed by atoms with van der Waals surface area (Å²) in [7, 11) is 0. The number of hydrogen-bond acceptors (Lipinski definition) is 5. The van der Waals surface area contributed by atoms with Crippen molar-refractivity contribution >= 4 is 17.6 Å². The highest BCUT2D eigenvalue weighted by molar-refractivity contribution is 5.81. The number of aliphatic carboxylic acids is 1. The van der Waals surface area contributed by atoms with Crippen LogP contribution >= 0.6 is 0 Å². The van der Waals surface area contributed by atoms with E-state index >= 15 is 0 Å². The van der Waals surface area contributed by atoms with Gasteiger partial charge < -0.3 is 24.7 Å². The van der Waals surface area contributed by atoms with Crippen molar-refractivity contribution in [2.45, 2.75) is 57.7 Å². The average Bonchev–Trinajstić information content (AvgIpc) is 2.80. The number of hydrogen-bond donors (Lipinski definition) is 2. The molecule has 1 amide bonds. The van der Waals surface area contributed by atoms with E-state index < -0.39 is 24.0 Å².